The maximum absolute atomic E-state index is 12.6. The quantitative estimate of drug-likeness (QED) is 0.236. The van der Waals surface area contributed by atoms with Crippen molar-refractivity contribution in [2.24, 2.45) is 7.05 Å². The van der Waals surface area contributed by atoms with Crippen molar-refractivity contribution in [3.8, 4) is 5.75 Å². The number of hydrogen-bond donors (Lipinski definition) is 0. The minimum atomic E-state index is -0.695. The molecule has 0 saturated carbocycles. The molecule has 0 fully saturated rings. The van der Waals surface area contributed by atoms with E-state index >= 15 is 0 Å². The van der Waals surface area contributed by atoms with E-state index < -0.39 is 10.9 Å². The van der Waals surface area contributed by atoms with Gasteiger partial charge in [-0.2, -0.15) is 0 Å². The summed E-state index contributed by atoms with van der Waals surface area (Å²) >= 11 is 1.11. The lowest BCUT2D eigenvalue weighted by atomic mass is 10.2. The highest BCUT2D eigenvalue weighted by molar-refractivity contribution is 7.99. The molecule has 1 aromatic heterocycles. The molecule has 0 unspecified atom stereocenters. The molecule has 0 atom stereocenters. The molecule has 0 aliphatic rings. The molecular formula is C18H17N5O5S. The molecular weight excluding hydrogens is 398 g/mol. The monoisotopic (exact) mass is 415 g/mol. The van der Waals surface area contributed by atoms with E-state index in [1.165, 1.54) is 22.9 Å². The Hall–Kier alpha value is -3.47. The van der Waals surface area contributed by atoms with Crippen LogP contribution < -0.4 is 4.74 Å². The summed E-state index contributed by atoms with van der Waals surface area (Å²) in [6.45, 7) is 2.06. The van der Waals surface area contributed by atoms with Crippen molar-refractivity contribution in [2.45, 2.75) is 17.0 Å². The fourth-order valence-electron chi connectivity index (χ4n) is 2.37. The zero-order valence-corrected chi connectivity index (χ0v) is 16.5. The number of benzene rings is 2. The Morgan fingerprint density at radius 3 is 2.72 bits per heavy atom. The molecule has 0 saturated heterocycles. The number of nitro groups is 1. The fourth-order valence-corrected chi connectivity index (χ4v) is 3.20. The molecule has 11 heteroatoms. The van der Waals surface area contributed by atoms with E-state index in [-0.39, 0.29) is 24.5 Å². The van der Waals surface area contributed by atoms with Crippen LogP contribution in [0.25, 0.3) is 0 Å². The Kier molecular flexibility index (Phi) is 6.39. The number of aryl methyl sites for hydroxylation is 2. The van der Waals surface area contributed by atoms with E-state index in [0.717, 1.165) is 17.3 Å². The molecule has 10 nitrogen and oxygen atoms in total. The summed E-state index contributed by atoms with van der Waals surface area (Å²) in [5.41, 5.74) is 0.810. The molecule has 29 heavy (non-hydrogen) atoms. The van der Waals surface area contributed by atoms with Gasteiger partial charge in [0.15, 0.2) is 0 Å². The number of nitrogens with zero attached hydrogens (tertiary/aromatic N) is 5. The first-order valence-electron chi connectivity index (χ1n) is 8.50. The van der Waals surface area contributed by atoms with Crippen LogP contribution in [0, 0.1) is 17.0 Å². The van der Waals surface area contributed by atoms with Crippen LogP contribution in [0.4, 0.5) is 5.69 Å². The Morgan fingerprint density at radius 2 is 2.03 bits per heavy atom. The van der Waals surface area contributed by atoms with Crippen LogP contribution in [0.3, 0.4) is 0 Å². The molecule has 3 aromatic rings. The van der Waals surface area contributed by atoms with Crippen molar-refractivity contribution in [2.75, 3.05) is 13.2 Å². The van der Waals surface area contributed by atoms with Gasteiger partial charge in [0.25, 0.3) is 5.69 Å². The van der Waals surface area contributed by atoms with Gasteiger partial charge in [0.1, 0.15) is 19.0 Å². The van der Waals surface area contributed by atoms with Crippen molar-refractivity contribution >= 4 is 23.4 Å². The normalized spacial score (nSPS) is 10.6. The molecule has 0 spiro atoms. The lowest BCUT2D eigenvalue weighted by molar-refractivity contribution is -0.384. The number of hydrogen-bond acceptors (Lipinski definition) is 9. The van der Waals surface area contributed by atoms with Gasteiger partial charge in [0.05, 0.1) is 10.5 Å². The lowest BCUT2D eigenvalue weighted by Gasteiger charge is -2.11. The van der Waals surface area contributed by atoms with Crippen molar-refractivity contribution in [3.63, 3.8) is 0 Å². The maximum atomic E-state index is 12.6. The molecule has 3 rings (SSSR count). The maximum Gasteiger partial charge on any atom is 0.339 e. The van der Waals surface area contributed by atoms with Gasteiger partial charge in [-0.3, -0.25) is 10.1 Å². The molecule has 0 radical (unpaired) electrons. The van der Waals surface area contributed by atoms with E-state index in [9.17, 15) is 14.9 Å². The topological polar surface area (TPSA) is 122 Å². The highest BCUT2D eigenvalue weighted by Gasteiger charge is 2.20. The van der Waals surface area contributed by atoms with Crippen LogP contribution in [0.15, 0.2) is 52.5 Å². The Labute approximate surface area is 170 Å². The molecule has 1 heterocycles. The average Bonchev–Trinajstić information content (AvgIpc) is 3.11. The van der Waals surface area contributed by atoms with Gasteiger partial charge in [0, 0.05) is 24.1 Å². The molecule has 0 bridgehead atoms. The number of non-ortho nitro benzene ring substituents is 1. The van der Waals surface area contributed by atoms with E-state index in [0.29, 0.717) is 15.8 Å². The van der Waals surface area contributed by atoms with Crippen LogP contribution in [-0.4, -0.2) is 44.3 Å². The molecule has 2 aromatic carbocycles. The van der Waals surface area contributed by atoms with Crippen molar-refractivity contribution in [1.82, 2.24) is 20.2 Å². The van der Waals surface area contributed by atoms with Gasteiger partial charge in [-0.1, -0.05) is 18.2 Å². The summed E-state index contributed by atoms with van der Waals surface area (Å²) in [5.74, 6) is 0.00429. The average molecular weight is 415 g/mol. The highest BCUT2D eigenvalue weighted by Crippen LogP contribution is 2.31. The van der Waals surface area contributed by atoms with Crippen molar-refractivity contribution in [3.05, 3.63) is 63.7 Å². The van der Waals surface area contributed by atoms with Crippen molar-refractivity contribution in [1.29, 1.82) is 0 Å². The third-order valence-corrected chi connectivity index (χ3v) is 4.95. The number of tetrazole rings is 1. The number of esters is 1. The first-order valence-corrected chi connectivity index (χ1v) is 9.31. The summed E-state index contributed by atoms with van der Waals surface area (Å²) in [4.78, 5) is 23.5. The third kappa shape index (κ3) is 5.08. The molecule has 0 N–H and O–H groups in total. The number of para-hydroxylation sites is 1. The van der Waals surface area contributed by atoms with E-state index in [4.69, 9.17) is 9.47 Å². The molecule has 0 aliphatic heterocycles. The Bertz CT molecular complexity index is 1040. The molecule has 150 valence electrons. The van der Waals surface area contributed by atoms with Gasteiger partial charge < -0.3 is 9.47 Å². The Balaban J connectivity index is 1.70. The summed E-state index contributed by atoms with van der Waals surface area (Å²) in [6, 6.07) is 11.4. The first-order chi connectivity index (χ1) is 14.0. The first kappa shape index (κ1) is 20.3. The minimum Gasteiger partial charge on any atom is -0.490 e. The number of carbonyl (C=O) groups is 1. The highest BCUT2D eigenvalue weighted by atomic mass is 32.2. The van der Waals surface area contributed by atoms with Gasteiger partial charge in [-0.15, -0.1) is 5.10 Å². The van der Waals surface area contributed by atoms with Gasteiger partial charge in [0.2, 0.25) is 5.16 Å². The number of carbonyl (C=O) groups excluding carboxylic acids is 1. The van der Waals surface area contributed by atoms with E-state index in [2.05, 4.69) is 15.5 Å². The second-order valence-electron chi connectivity index (χ2n) is 5.87. The SMILES string of the molecule is Cc1ccccc1OCCOC(=O)c1cc([N+](=O)[O-])ccc1Sc1nnnn1C. The standard InChI is InChI=1S/C18H17N5O5S/c1-12-5-3-4-6-15(12)27-9-10-28-17(24)14-11-13(23(25)26)7-8-16(14)29-18-19-20-21-22(18)2/h3-8,11H,9-10H2,1-2H3. The van der Waals surface area contributed by atoms with Crippen molar-refractivity contribution < 1.29 is 19.2 Å². The smallest absolute Gasteiger partial charge is 0.339 e. The van der Waals surface area contributed by atoms with E-state index in [1.54, 1.807) is 7.05 Å². The summed E-state index contributed by atoms with van der Waals surface area (Å²) < 4.78 is 12.3. The lowest BCUT2D eigenvalue weighted by Crippen LogP contribution is -2.13. The van der Waals surface area contributed by atoms with Crippen LogP contribution in [0.1, 0.15) is 15.9 Å². The number of rotatable bonds is 8. The van der Waals surface area contributed by atoms with Gasteiger partial charge >= 0.3 is 5.97 Å². The number of aromatic nitrogens is 4. The van der Waals surface area contributed by atoms with E-state index in [1.807, 2.05) is 31.2 Å². The second-order valence-corrected chi connectivity index (χ2v) is 6.88. The molecule has 0 aliphatic carbocycles. The number of ether oxygens (including phenoxy) is 2. The van der Waals surface area contributed by atoms with Gasteiger partial charge in [-0.05, 0) is 46.8 Å². The Morgan fingerprint density at radius 1 is 1.24 bits per heavy atom. The predicted molar refractivity (Wildman–Crippen MR) is 103 cm³/mol. The number of nitro benzene ring substituents is 1. The summed E-state index contributed by atoms with van der Waals surface area (Å²) in [5, 5.41) is 22.6. The minimum absolute atomic E-state index is 0.00845. The third-order valence-electron chi connectivity index (χ3n) is 3.84. The van der Waals surface area contributed by atoms with Crippen LogP contribution in [-0.2, 0) is 11.8 Å². The van der Waals surface area contributed by atoms with Crippen LogP contribution in [0.5, 0.6) is 5.75 Å². The van der Waals surface area contributed by atoms with Crippen LogP contribution in [0.2, 0.25) is 0 Å². The summed E-state index contributed by atoms with van der Waals surface area (Å²) in [7, 11) is 1.65. The van der Waals surface area contributed by atoms with Gasteiger partial charge in [-0.25, -0.2) is 9.48 Å². The molecule has 0 amide bonds. The fraction of sp³-hybridized carbons (Fsp3) is 0.222. The predicted octanol–water partition coefficient (Wildman–Crippen LogP) is 2.81. The summed E-state index contributed by atoms with van der Waals surface area (Å²) in [6.07, 6.45) is 0. The second kappa shape index (κ2) is 9.15. The zero-order valence-electron chi connectivity index (χ0n) is 15.6. The van der Waals surface area contributed by atoms with Crippen LogP contribution >= 0.6 is 11.8 Å². The zero-order chi connectivity index (χ0) is 20.8. The largest absolute Gasteiger partial charge is 0.490 e.